The third-order valence-electron chi connectivity index (χ3n) is 11.8. The number of nitrogens with zero attached hydrogens (tertiary/aromatic N) is 3. The van der Waals surface area contributed by atoms with Crippen LogP contribution in [0.2, 0.25) is 0 Å². The number of rotatable bonds is 15. The molecule has 4 fully saturated rings. The van der Waals surface area contributed by atoms with Gasteiger partial charge in [-0.1, -0.05) is 79.7 Å². The number of carbonyl (C=O) groups excluding carboxylic acids is 5. The molecule has 294 valence electrons. The maximum Gasteiger partial charge on any atom is 0.315 e. The van der Waals surface area contributed by atoms with Crippen molar-refractivity contribution in [1.82, 2.24) is 31.2 Å². The predicted molar refractivity (Wildman–Crippen MR) is 201 cm³/mol. The molecule has 4 aliphatic rings. The molecule has 0 bridgehead atoms. The van der Waals surface area contributed by atoms with Gasteiger partial charge in [-0.3, -0.25) is 23.5 Å². The van der Waals surface area contributed by atoms with Gasteiger partial charge in [-0.15, -0.1) is 0 Å². The number of nitrogens with one attached hydrogen (secondary N) is 4. The summed E-state index contributed by atoms with van der Waals surface area (Å²) in [7, 11) is -2.46. The van der Waals surface area contributed by atoms with Gasteiger partial charge in [0.25, 0.3) is 5.91 Å². The van der Waals surface area contributed by atoms with E-state index in [1.54, 1.807) is 18.2 Å². The summed E-state index contributed by atoms with van der Waals surface area (Å²) in [5.74, 6) is -2.47. The Kier molecular flexibility index (Phi) is 11.9. The zero-order valence-electron chi connectivity index (χ0n) is 32.4. The number of aromatic nitrogens is 1. The number of sulfonamides is 1. The molecule has 1 saturated heterocycles. The molecule has 0 spiro atoms. The second-order valence-electron chi connectivity index (χ2n) is 17.4. The number of likely N-dealkylation sites (tertiary alicyclic amines) is 1. The van der Waals surface area contributed by atoms with E-state index in [1.807, 2.05) is 27.7 Å². The number of carbonyl (C=O) groups is 5. The summed E-state index contributed by atoms with van der Waals surface area (Å²) in [5.41, 5.74) is -2.07. The van der Waals surface area contributed by atoms with E-state index >= 15 is 0 Å². The average molecular weight is 758 g/mol. The highest BCUT2D eigenvalue weighted by Gasteiger charge is 2.70. The Balaban J connectivity index is 1.33. The first kappa shape index (κ1) is 40.4. The Hall–Kier alpha value is -3.75. The molecule has 15 heteroatoms. The fourth-order valence-electron chi connectivity index (χ4n) is 8.27. The first-order valence-corrected chi connectivity index (χ1v) is 20.8. The van der Waals surface area contributed by atoms with Crippen molar-refractivity contribution in [3.8, 4) is 0 Å². The molecule has 5 rings (SSSR count). The van der Waals surface area contributed by atoms with Gasteiger partial charge in [0, 0.05) is 25.8 Å². The van der Waals surface area contributed by atoms with Crippen LogP contribution in [0.1, 0.15) is 106 Å². The molecular weight excluding hydrogens is 699 g/mol. The molecule has 2 heterocycles. The Bertz CT molecular complexity index is 1650. The Morgan fingerprint density at radius 2 is 1.72 bits per heavy atom. The quantitative estimate of drug-likeness (QED) is 0.196. The number of urea groups is 1. The maximum atomic E-state index is 14.6. The van der Waals surface area contributed by atoms with Crippen LogP contribution in [0.3, 0.4) is 0 Å². The molecule has 3 saturated carbocycles. The number of fused-ring (bicyclic) bond motifs is 1. The molecule has 1 aliphatic heterocycles. The van der Waals surface area contributed by atoms with Crippen molar-refractivity contribution in [2.75, 3.05) is 23.7 Å². The Labute approximate surface area is 314 Å². The maximum absolute atomic E-state index is 14.6. The topological polar surface area (TPSA) is 187 Å². The van der Waals surface area contributed by atoms with Crippen molar-refractivity contribution < 1.29 is 32.4 Å². The summed E-state index contributed by atoms with van der Waals surface area (Å²) in [6.07, 6.45) is 8.16. The fourth-order valence-corrected chi connectivity index (χ4v) is 9.92. The third kappa shape index (κ3) is 9.14. The van der Waals surface area contributed by atoms with Gasteiger partial charge in [0.05, 0.1) is 17.3 Å². The highest BCUT2D eigenvalue weighted by atomic mass is 32.2. The van der Waals surface area contributed by atoms with E-state index in [-0.39, 0.29) is 34.9 Å². The minimum atomic E-state index is -3.90. The Morgan fingerprint density at radius 1 is 1.04 bits per heavy atom. The minimum absolute atomic E-state index is 0.00528. The molecule has 14 nitrogen and oxygen atoms in total. The highest BCUT2D eigenvalue weighted by molar-refractivity contribution is 7.92. The fraction of sp³-hybridized carbons (Fsp3) is 0.737. The molecular formula is C38H59N7O7S. The van der Waals surface area contributed by atoms with Crippen molar-refractivity contribution in [1.29, 1.82) is 0 Å². The van der Waals surface area contributed by atoms with Crippen molar-refractivity contribution in [3.05, 3.63) is 24.4 Å². The molecule has 1 aromatic rings. The summed E-state index contributed by atoms with van der Waals surface area (Å²) >= 11 is 0. The highest BCUT2D eigenvalue weighted by Crippen LogP contribution is 2.65. The van der Waals surface area contributed by atoms with Crippen LogP contribution in [0.25, 0.3) is 0 Å². The first-order valence-electron chi connectivity index (χ1n) is 19.2. The zero-order chi connectivity index (χ0) is 38.9. The van der Waals surface area contributed by atoms with Gasteiger partial charge in [0.15, 0.2) is 0 Å². The van der Waals surface area contributed by atoms with E-state index in [2.05, 4.69) is 40.1 Å². The van der Waals surface area contributed by atoms with Crippen molar-refractivity contribution in [2.45, 2.75) is 135 Å². The number of ketones is 1. The molecule has 0 aromatic carbocycles. The lowest BCUT2D eigenvalue weighted by Gasteiger charge is -2.41. The first-order chi connectivity index (χ1) is 24.8. The predicted octanol–water partition coefficient (Wildman–Crippen LogP) is 3.27. The lowest BCUT2D eigenvalue weighted by molar-refractivity contribution is -0.145. The van der Waals surface area contributed by atoms with Gasteiger partial charge < -0.3 is 26.2 Å². The number of hydrogen-bond donors (Lipinski definition) is 4. The number of hydrogen-bond acceptors (Lipinski definition) is 8. The van der Waals surface area contributed by atoms with Gasteiger partial charge in [0.2, 0.25) is 27.6 Å². The molecule has 0 radical (unpaired) electrons. The van der Waals surface area contributed by atoms with Gasteiger partial charge in [-0.2, -0.15) is 0 Å². The molecule has 0 unspecified atom stereocenters. The van der Waals surface area contributed by atoms with Crippen molar-refractivity contribution >= 4 is 45.4 Å². The number of amides is 5. The monoisotopic (exact) mass is 757 g/mol. The standard InChI is InChI=1S/C38H59N7O7S/c1-8-9-15-26(30(46)33(48)40-24-17-18-24)41-32(47)29-28-25(37(28,5)6)22-45(29)34(49)31(36(2,3)4)42-35(50)43-38(19-12-10-13-20-38)23-53(51,52)44(7)27-16-11-14-21-39-27/h11,14,16,21,24-26,28-29,31H,8-10,12-13,15,17-20,22-23H2,1-7H3,(H,40,48)(H,41,47)(H2,42,43,50)/t25-,26-,28-,29-,31+/m0/s1. The van der Waals surface area contributed by atoms with Crippen LogP contribution in [-0.2, 0) is 29.2 Å². The van der Waals surface area contributed by atoms with Crippen LogP contribution < -0.4 is 25.6 Å². The van der Waals surface area contributed by atoms with Crippen LogP contribution >= 0.6 is 0 Å². The van der Waals surface area contributed by atoms with Crippen LogP contribution in [0.4, 0.5) is 10.6 Å². The van der Waals surface area contributed by atoms with E-state index in [0.29, 0.717) is 32.2 Å². The lowest BCUT2D eigenvalue weighted by atomic mass is 9.83. The largest absolute Gasteiger partial charge is 0.347 e. The summed E-state index contributed by atoms with van der Waals surface area (Å²) in [5, 5.41) is 11.5. The number of anilines is 1. The molecule has 1 aromatic heterocycles. The van der Waals surface area contributed by atoms with Crippen LogP contribution in [-0.4, -0.2) is 96.9 Å². The van der Waals surface area contributed by atoms with Gasteiger partial charge >= 0.3 is 6.03 Å². The number of unbranched alkanes of at least 4 members (excludes halogenated alkanes) is 1. The van der Waals surface area contributed by atoms with Crippen LogP contribution in [0.5, 0.6) is 0 Å². The summed E-state index contributed by atoms with van der Waals surface area (Å²) in [6, 6.07) is 1.39. The average Bonchev–Trinajstić information content (AvgIpc) is 3.95. The summed E-state index contributed by atoms with van der Waals surface area (Å²) < 4.78 is 28.5. The molecule has 5 atom stereocenters. The van der Waals surface area contributed by atoms with E-state index in [1.165, 1.54) is 18.1 Å². The molecule has 3 aliphatic carbocycles. The van der Waals surface area contributed by atoms with E-state index < -0.39 is 68.6 Å². The van der Waals surface area contributed by atoms with Crippen molar-refractivity contribution in [3.63, 3.8) is 0 Å². The SMILES string of the molecule is CCCC[C@H](NC(=O)[C@@H]1[C@@H]2[C@H](CN1C(=O)[C@@H](NC(=O)NC1(CS(=O)(=O)N(C)c3ccccn3)CCCCC1)C(C)(C)C)C2(C)C)C(=O)C(=O)NC1CC1. The van der Waals surface area contributed by atoms with Crippen molar-refractivity contribution in [2.24, 2.45) is 22.7 Å². The van der Waals surface area contributed by atoms with Crippen LogP contribution in [0.15, 0.2) is 24.4 Å². The number of Topliss-reactive ketones (excluding diaryl/α,β-unsaturated/α-hetero) is 1. The molecule has 4 N–H and O–H groups in total. The zero-order valence-corrected chi connectivity index (χ0v) is 33.2. The molecule has 53 heavy (non-hydrogen) atoms. The second kappa shape index (κ2) is 15.5. The molecule has 5 amide bonds. The Morgan fingerprint density at radius 3 is 2.30 bits per heavy atom. The van der Waals surface area contributed by atoms with Gasteiger partial charge in [-0.05, 0) is 66.9 Å². The summed E-state index contributed by atoms with van der Waals surface area (Å²) in [6.45, 7) is 11.9. The van der Waals surface area contributed by atoms with E-state index in [4.69, 9.17) is 0 Å². The van der Waals surface area contributed by atoms with Gasteiger partial charge in [-0.25, -0.2) is 18.2 Å². The second-order valence-corrected chi connectivity index (χ2v) is 19.4. The van der Waals surface area contributed by atoms with E-state index in [9.17, 15) is 32.4 Å². The summed E-state index contributed by atoms with van der Waals surface area (Å²) in [4.78, 5) is 74.3. The van der Waals surface area contributed by atoms with Gasteiger partial charge in [0.1, 0.15) is 17.9 Å². The number of pyridine rings is 1. The normalized spacial score (nSPS) is 24.2. The third-order valence-corrected chi connectivity index (χ3v) is 13.7. The minimum Gasteiger partial charge on any atom is -0.347 e. The lowest BCUT2D eigenvalue weighted by Crippen LogP contribution is -2.64. The van der Waals surface area contributed by atoms with Crippen LogP contribution in [0, 0.1) is 22.7 Å². The number of piperidine rings is 1. The smallest absolute Gasteiger partial charge is 0.315 e. The van der Waals surface area contributed by atoms with E-state index in [0.717, 1.165) is 42.8 Å².